The van der Waals surface area contributed by atoms with Crippen LogP contribution in [0, 0.1) is 0 Å². The van der Waals surface area contributed by atoms with E-state index in [-0.39, 0.29) is 31.1 Å². The largest absolute Gasteiger partial charge is 0.374 e. The van der Waals surface area contributed by atoms with E-state index in [1.54, 1.807) is 0 Å². The summed E-state index contributed by atoms with van der Waals surface area (Å²) in [6.07, 6.45) is 5.62. The minimum Gasteiger partial charge on any atom is -0.374 e. The highest BCUT2D eigenvalue weighted by Gasteiger charge is 2.33. The van der Waals surface area contributed by atoms with E-state index in [1.807, 2.05) is 83.9 Å². The predicted octanol–water partition coefficient (Wildman–Crippen LogP) is 5.37. The Kier molecular flexibility index (Phi) is 15.0. The number of hydrogen-bond acceptors (Lipinski definition) is 6. The zero-order valence-electron chi connectivity index (χ0n) is 32.7. The number of piperidine rings is 1. The number of aromatic nitrogens is 1. The van der Waals surface area contributed by atoms with Crippen molar-refractivity contribution < 1.29 is 23.9 Å². The molecule has 3 aromatic carbocycles. The Morgan fingerprint density at radius 3 is 2.13 bits per heavy atom. The van der Waals surface area contributed by atoms with Gasteiger partial charge in [0.05, 0.1) is 13.2 Å². The third-order valence-corrected chi connectivity index (χ3v) is 10.1. The number of aromatic amines is 1. The van der Waals surface area contributed by atoms with E-state index in [1.165, 1.54) is 12.5 Å². The molecule has 11 nitrogen and oxygen atoms in total. The zero-order valence-corrected chi connectivity index (χ0v) is 32.7. The molecular weight excluding hydrogens is 693 g/mol. The smallest absolute Gasteiger partial charge is 0.245 e. The van der Waals surface area contributed by atoms with Crippen LogP contribution in [0.4, 0.5) is 0 Å². The molecule has 4 aromatic rings. The van der Waals surface area contributed by atoms with Crippen molar-refractivity contribution in [2.45, 2.75) is 102 Å². The Hall–Kier alpha value is -5.00. The van der Waals surface area contributed by atoms with Crippen LogP contribution in [0.2, 0.25) is 0 Å². The van der Waals surface area contributed by atoms with Crippen molar-refractivity contribution in [2.24, 2.45) is 0 Å². The molecule has 0 unspecified atom stereocenters. The molecule has 1 aromatic heterocycles. The molecule has 0 saturated carbocycles. The highest BCUT2D eigenvalue weighted by atomic mass is 16.5. The standard InChI is InChI=1S/C44H58N6O5/c1-31(51)47-40(30-55-29-32-15-7-5-8-16-32)42(53)48-38(21-13-14-24-46-44(2,3)4)41(52)49-39(27-35-28-45-37-20-12-11-19-36(35)37)43(54)50-25-22-34(23-26-50)33-17-9-6-10-18-33/h5-12,15-20,28,34,38-40,45-46H,13-14,21-27,29-30H2,1-4H3,(H,47,51)(H,48,53)(H,49,52)/t38-,39+,40-/m0/s1. The number of unbranched alkanes of at least 4 members (excludes halogenated alkanes) is 1. The van der Waals surface area contributed by atoms with Gasteiger partial charge in [0.15, 0.2) is 0 Å². The fraction of sp³-hybridized carbons (Fsp3) is 0.455. The lowest BCUT2D eigenvalue weighted by Crippen LogP contribution is -2.58. The normalized spacial score (nSPS) is 15.2. The van der Waals surface area contributed by atoms with E-state index in [0.717, 1.165) is 47.8 Å². The molecule has 1 saturated heterocycles. The molecule has 55 heavy (non-hydrogen) atoms. The van der Waals surface area contributed by atoms with E-state index in [0.29, 0.717) is 31.8 Å². The summed E-state index contributed by atoms with van der Waals surface area (Å²) in [4.78, 5) is 59.8. The number of nitrogens with one attached hydrogen (secondary N) is 5. The number of rotatable bonds is 18. The maximum Gasteiger partial charge on any atom is 0.245 e. The highest BCUT2D eigenvalue weighted by molar-refractivity contribution is 5.94. The fourth-order valence-corrected chi connectivity index (χ4v) is 7.15. The van der Waals surface area contributed by atoms with Crippen LogP contribution in [0.1, 0.15) is 82.4 Å². The van der Waals surface area contributed by atoms with Gasteiger partial charge in [-0.2, -0.15) is 0 Å². The monoisotopic (exact) mass is 750 g/mol. The Labute approximate surface area is 325 Å². The van der Waals surface area contributed by atoms with Crippen molar-refractivity contribution in [3.05, 3.63) is 108 Å². The third-order valence-electron chi connectivity index (χ3n) is 10.1. The van der Waals surface area contributed by atoms with Gasteiger partial charge in [0.1, 0.15) is 18.1 Å². The minimum absolute atomic E-state index is 0.0537. The van der Waals surface area contributed by atoms with Crippen molar-refractivity contribution in [1.82, 2.24) is 31.2 Å². The molecule has 0 aliphatic carbocycles. The van der Waals surface area contributed by atoms with Gasteiger partial charge in [-0.15, -0.1) is 0 Å². The minimum atomic E-state index is -1.02. The first-order valence-corrected chi connectivity index (χ1v) is 19.6. The van der Waals surface area contributed by atoms with Crippen molar-refractivity contribution in [2.75, 3.05) is 26.2 Å². The van der Waals surface area contributed by atoms with E-state index in [2.05, 4.69) is 59.2 Å². The number of H-pyrrole nitrogens is 1. The van der Waals surface area contributed by atoms with E-state index >= 15 is 0 Å². The summed E-state index contributed by atoms with van der Waals surface area (Å²) < 4.78 is 5.85. The average Bonchev–Trinajstić information content (AvgIpc) is 3.59. The molecular formula is C44H58N6O5. The first-order chi connectivity index (χ1) is 26.5. The van der Waals surface area contributed by atoms with Crippen LogP contribution in [-0.2, 0) is 36.9 Å². The van der Waals surface area contributed by atoms with Crippen LogP contribution in [-0.4, -0.2) is 83.4 Å². The molecule has 0 radical (unpaired) electrons. The molecule has 1 aliphatic heterocycles. The van der Waals surface area contributed by atoms with Gasteiger partial charge < -0.3 is 35.9 Å². The SMILES string of the molecule is CC(=O)N[C@@H](COCc1ccccc1)C(=O)N[C@@H](CCCCNC(C)(C)C)C(=O)N[C@H](Cc1c[nH]c2ccccc12)C(=O)N1CCC(c2ccccc2)CC1. The summed E-state index contributed by atoms with van der Waals surface area (Å²) in [6, 6.07) is 25.0. The molecule has 3 atom stereocenters. The Morgan fingerprint density at radius 1 is 0.800 bits per heavy atom. The molecule has 294 valence electrons. The lowest BCUT2D eigenvalue weighted by Gasteiger charge is -2.35. The van der Waals surface area contributed by atoms with Crippen LogP contribution in [0.15, 0.2) is 91.1 Å². The number of hydrogen-bond donors (Lipinski definition) is 5. The lowest BCUT2D eigenvalue weighted by molar-refractivity contribution is -0.138. The van der Waals surface area contributed by atoms with E-state index in [9.17, 15) is 19.2 Å². The Bertz CT molecular complexity index is 1830. The lowest BCUT2D eigenvalue weighted by atomic mass is 9.89. The number of fused-ring (bicyclic) bond motifs is 1. The Morgan fingerprint density at radius 2 is 1.44 bits per heavy atom. The van der Waals surface area contributed by atoms with Crippen LogP contribution in [0.5, 0.6) is 0 Å². The van der Waals surface area contributed by atoms with Gasteiger partial charge in [-0.3, -0.25) is 19.2 Å². The molecule has 5 N–H and O–H groups in total. The van der Waals surface area contributed by atoms with Crippen LogP contribution in [0.25, 0.3) is 10.9 Å². The number of para-hydroxylation sites is 1. The fourth-order valence-electron chi connectivity index (χ4n) is 7.15. The first-order valence-electron chi connectivity index (χ1n) is 19.6. The van der Waals surface area contributed by atoms with E-state index < -0.39 is 35.8 Å². The van der Waals surface area contributed by atoms with Crippen molar-refractivity contribution in [3.63, 3.8) is 0 Å². The van der Waals surface area contributed by atoms with Gasteiger partial charge in [-0.05, 0) is 88.1 Å². The van der Waals surface area contributed by atoms with Crippen LogP contribution < -0.4 is 21.3 Å². The number of carbonyl (C=O) groups excluding carboxylic acids is 4. The summed E-state index contributed by atoms with van der Waals surface area (Å²) in [5, 5.41) is 13.1. The van der Waals surface area contributed by atoms with Crippen molar-refractivity contribution >= 4 is 34.5 Å². The van der Waals surface area contributed by atoms with Crippen molar-refractivity contribution in [1.29, 1.82) is 0 Å². The number of likely N-dealkylation sites (tertiary alicyclic amines) is 1. The second kappa shape index (κ2) is 20.1. The quantitative estimate of drug-likeness (QED) is 0.0867. The van der Waals surface area contributed by atoms with Gasteiger partial charge in [0, 0.05) is 49.1 Å². The van der Waals surface area contributed by atoms with Crippen LogP contribution >= 0.6 is 0 Å². The highest BCUT2D eigenvalue weighted by Crippen LogP contribution is 2.28. The van der Waals surface area contributed by atoms with Crippen molar-refractivity contribution in [3.8, 4) is 0 Å². The molecule has 5 rings (SSSR count). The molecule has 0 bridgehead atoms. The van der Waals surface area contributed by atoms with Gasteiger partial charge >= 0.3 is 0 Å². The molecule has 1 aliphatic rings. The second-order valence-electron chi connectivity index (χ2n) is 15.6. The summed E-state index contributed by atoms with van der Waals surface area (Å²) in [6.45, 7) is 9.73. The summed E-state index contributed by atoms with van der Waals surface area (Å²) in [7, 11) is 0. The summed E-state index contributed by atoms with van der Waals surface area (Å²) >= 11 is 0. The maximum atomic E-state index is 14.4. The molecule has 4 amide bonds. The average molecular weight is 751 g/mol. The van der Waals surface area contributed by atoms with Gasteiger partial charge in [-0.25, -0.2) is 0 Å². The van der Waals surface area contributed by atoms with Gasteiger partial charge in [0.25, 0.3) is 0 Å². The van der Waals surface area contributed by atoms with E-state index in [4.69, 9.17) is 4.74 Å². The number of benzene rings is 3. The third kappa shape index (κ3) is 12.8. The maximum absolute atomic E-state index is 14.4. The summed E-state index contributed by atoms with van der Waals surface area (Å²) in [5.41, 5.74) is 4.02. The topological polar surface area (TPSA) is 145 Å². The number of amides is 4. The molecule has 1 fully saturated rings. The first kappa shape index (κ1) is 41.2. The number of carbonyl (C=O) groups is 4. The van der Waals surface area contributed by atoms with Crippen LogP contribution in [0.3, 0.4) is 0 Å². The molecule has 0 spiro atoms. The van der Waals surface area contributed by atoms with Gasteiger partial charge in [-0.1, -0.05) is 78.9 Å². The summed E-state index contributed by atoms with van der Waals surface area (Å²) in [5.74, 6) is -1.14. The zero-order chi connectivity index (χ0) is 39.2. The number of ether oxygens (including phenoxy) is 1. The predicted molar refractivity (Wildman–Crippen MR) is 216 cm³/mol. The number of nitrogens with zero attached hydrogens (tertiary/aromatic N) is 1. The van der Waals surface area contributed by atoms with Gasteiger partial charge in [0.2, 0.25) is 23.6 Å². The second-order valence-corrected chi connectivity index (χ2v) is 15.6. The Balaban J connectivity index is 1.32. The molecule has 11 heteroatoms. The molecule has 2 heterocycles.